The smallest absolute Gasteiger partial charge is 0.317 e. The van der Waals surface area contributed by atoms with Gasteiger partial charge in [-0.1, -0.05) is 63.4 Å². The Labute approximate surface area is 206 Å². The van der Waals surface area contributed by atoms with E-state index < -0.39 is 0 Å². The van der Waals surface area contributed by atoms with Gasteiger partial charge >= 0.3 is 6.03 Å². The first kappa shape index (κ1) is 25.9. The quantitative estimate of drug-likeness (QED) is 0.331. The normalized spacial score (nSPS) is 10.7. The molecule has 1 aromatic heterocycles. The van der Waals surface area contributed by atoms with Crippen molar-refractivity contribution < 1.29 is 14.0 Å². The molecule has 1 heterocycles. The number of urea groups is 1. The minimum absolute atomic E-state index is 0.0725. The summed E-state index contributed by atoms with van der Waals surface area (Å²) in [6.07, 6.45) is 4.71. The molecule has 0 aliphatic heterocycles. The van der Waals surface area contributed by atoms with Crippen LogP contribution in [0.1, 0.15) is 46.0 Å². The van der Waals surface area contributed by atoms with E-state index in [2.05, 4.69) is 29.6 Å². The molecule has 0 aliphatic rings. The number of hydrogen-bond acceptors (Lipinski definition) is 3. The van der Waals surface area contributed by atoms with Crippen molar-refractivity contribution in [3.63, 3.8) is 0 Å². The standard InChI is InChI=1S/C27H34FN5O2/c1-3-5-10-18-32(27(35)29-17-6-4-2)20-26(34)30-25-19-24(21-11-8-7-9-12-21)31-33(25)23-15-13-22(28)14-16-23/h7-9,11-16,19H,3-6,10,17-18,20H2,1-2H3,(H,29,35)(H,30,34). The molecule has 2 aromatic carbocycles. The Morgan fingerprint density at radius 3 is 2.37 bits per heavy atom. The van der Waals surface area contributed by atoms with Crippen molar-refractivity contribution in [3.8, 4) is 16.9 Å². The Morgan fingerprint density at radius 2 is 1.69 bits per heavy atom. The molecule has 0 radical (unpaired) electrons. The minimum atomic E-state index is -0.355. The van der Waals surface area contributed by atoms with Crippen LogP contribution in [0, 0.1) is 5.82 Å². The largest absolute Gasteiger partial charge is 0.338 e. The SMILES string of the molecule is CCCCCN(CC(=O)Nc1cc(-c2ccccc2)nn1-c1ccc(F)cc1)C(=O)NCCCC. The van der Waals surface area contributed by atoms with E-state index in [9.17, 15) is 14.0 Å². The van der Waals surface area contributed by atoms with Crippen molar-refractivity contribution in [1.29, 1.82) is 0 Å². The Kier molecular flexibility index (Phi) is 9.83. The van der Waals surface area contributed by atoms with Gasteiger partial charge in [0.2, 0.25) is 5.91 Å². The first-order chi connectivity index (χ1) is 17.0. The summed E-state index contributed by atoms with van der Waals surface area (Å²) in [5, 5.41) is 10.4. The first-order valence-electron chi connectivity index (χ1n) is 12.3. The number of hydrogen-bond donors (Lipinski definition) is 2. The fraction of sp³-hybridized carbons (Fsp3) is 0.370. The summed E-state index contributed by atoms with van der Waals surface area (Å²) < 4.78 is 15.1. The molecule has 7 nitrogen and oxygen atoms in total. The zero-order valence-electron chi connectivity index (χ0n) is 20.5. The maximum atomic E-state index is 13.5. The van der Waals surface area contributed by atoms with Gasteiger partial charge in [-0.05, 0) is 37.1 Å². The number of anilines is 1. The molecule has 3 rings (SSSR count). The predicted molar refractivity (Wildman–Crippen MR) is 137 cm³/mol. The molecular weight excluding hydrogens is 445 g/mol. The number of benzene rings is 2. The number of rotatable bonds is 12. The number of nitrogens with zero attached hydrogens (tertiary/aromatic N) is 3. The van der Waals surface area contributed by atoms with Crippen LogP contribution in [-0.4, -0.2) is 46.3 Å². The van der Waals surface area contributed by atoms with E-state index in [1.54, 1.807) is 27.8 Å². The maximum absolute atomic E-state index is 13.5. The van der Waals surface area contributed by atoms with E-state index in [-0.39, 0.29) is 24.3 Å². The lowest BCUT2D eigenvalue weighted by molar-refractivity contribution is -0.116. The molecule has 0 saturated carbocycles. The molecule has 35 heavy (non-hydrogen) atoms. The average molecular weight is 480 g/mol. The van der Waals surface area contributed by atoms with Gasteiger partial charge in [0.1, 0.15) is 18.2 Å². The number of nitrogens with one attached hydrogen (secondary N) is 2. The molecule has 8 heteroatoms. The van der Waals surface area contributed by atoms with Crippen LogP contribution in [0.25, 0.3) is 16.9 Å². The molecule has 0 bridgehead atoms. The van der Waals surface area contributed by atoms with Gasteiger partial charge < -0.3 is 15.5 Å². The molecule has 3 amide bonds. The third kappa shape index (κ3) is 7.67. The zero-order chi connectivity index (χ0) is 25.0. The van der Waals surface area contributed by atoms with Gasteiger partial charge in [0.25, 0.3) is 0 Å². The second-order valence-corrected chi connectivity index (χ2v) is 8.43. The Morgan fingerprint density at radius 1 is 0.971 bits per heavy atom. The number of halogens is 1. The highest BCUT2D eigenvalue weighted by molar-refractivity contribution is 5.94. The molecule has 0 unspecified atom stereocenters. The van der Waals surface area contributed by atoms with Crippen LogP contribution in [0.15, 0.2) is 60.7 Å². The lowest BCUT2D eigenvalue weighted by Crippen LogP contribution is -2.44. The third-order valence-corrected chi connectivity index (χ3v) is 5.58. The van der Waals surface area contributed by atoms with E-state index in [0.717, 1.165) is 37.7 Å². The van der Waals surface area contributed by atoms with Crippen molar-refractivity contribution in [1.82, 2.24) is 20.0 Å². The molecular formula is C27H34FN5O2. The summed E-state index contributed by atoms with van der Waals surface area (Å²) in [5.74, 6) is -0.234. The van der Waals surface area contributed by atoms with Gasteiger partial charge in [-0.15, -0.1) is 0 Å². The summed E-state index contributed by atoms with van der Waals surface area (Å²) in [7, 11) is 0. The number of carbonyl (C=O) groups is 2. The third-order valence-electron chi connectivity index (χ3n) is 5.58. The van der Waals surface area contributed by atoms with Crippen molar-refractivity contribution in [3.05, 3.63) is 66.5 Å². The Hall–Kier alpha value is -3.68. The molecule has 0 fully saturated rings. The van der Waals surface area contributed by atoms with Crippen LogP contribution in [0.4, 0.5) is 15.0 Å². The van der Waals surface area contributed by atoms with Crippen LogP contribution in [0.3, 0.4) is 0 Å². The fourth-order valence-electron chi connectivity index (χ4n) is 3.64. The van der Waals surface area contributed by atoms with E-state index >= 15 is 0 Å². The topological polar surface area (TPSA) is 79.3 Å². The van der Waals surface area contributed by atoms with Crippen LogP contribution >= 0.6 is 0 Å². The number of unbranched alkanes of at least 4 members (excludes halogenated alkanes) is 3. The zero-order valence-corrected chi connectivity index (χ0v) is 20.5. The van der Waals surface area contributed by atoms with Crippen LogP contribution < -0.4 is 10.6 Å². The average Bonchev–Trinajstić information content (AvgIpc) is 3.28. The molecule has 0 spiro atoms. The highest BCUT2D eigenvalue weighted by Gasteiger charge is 2.19. The van der Waals surface area contributed by atoms with Gasteiger partial charge in [-0.2, -0.15) is 5.10 Å². The predicted octanol–water partition coefficient (Wildman–Crippen LogP) is 5.62. The lowest BCUT2D eigenvalue weighted by atomic mass is 10.1. The highest BCUT2D eigenvalue weighted by Crippen LogP contribution is 2.25. The molecule has 3 aromatic rings. The van der Waals surface area contributed by atoms with Gasteiger partial charge in [0.05, 0.1) is 11.4 Å². The van der Waals surface area contributed by atoms with Crippen LogP contribution in [0.2, 0.25) is 0 Å². The molecule has 2 N–H and O–H groups in total. The highest BCUT2D eigenvalue weighted by atomic mass is 19.1. The van der Waals surface area contributed by atoms with Crippen LogP contribution in [-0.2, 0) is 4.79 Å². The molecule has 0 atom stereocenters. The van der Waals surface area contributed by atoms with Gasteiger partial charge in [-0.3, -0.25) is 4.79 Å². The van der Waals surface area contributed by atoms with E-state index in [1.165, 1.54) is 12.1 Å². The summed E-state index contributed by atoms with van der Waals surface area (Å²) >= 11 is 0. The second kappa shape index (κ2) is 13.3. The van der Waals surface area contributed by atoms with E-state index in [1.807, 2.05) is 30.3 Å². The maximum Gasteiger partial charge on any atom is 0.317 e. The van der Waals surface area contributed by atoms with Crippen LogP contribution in [0.5, 0.6) is 0 Å². The summed E-state index contributed by atoms with van der Waals surface area (Å²) in [6, 6.07) is 17.0. The Balaban J connectivity index is 1.80. The van der Waals surface area contributed by atoms with Gasteiger partial charge in [-0.25, -0.2) is 13.9 Å². The number of amides is 3. The monoisotopic (exact) mass is 479 g/mol. The fourth-order valence-corrected chi connectivity index (χ4v) is 3.64. The van der Waals surface area contributed by atoms with Crippen molar-refractivity contribution in [2.24, 2.45) is 0 Å². The number of carbonyl (C=O) groups excluding carboxylic acids is 2. The van der Waals surface area contributed by atoms with E-state index in [0.29, 0.717) is 30.3 Å². The first-order valence-corrected chi connectivity index (χ1v) is 12.3. The van der Waals surface area contributed by atoms with Gasteiger partial charge in [0.15, 0.2) is 0 Å². The summed E-state index contributed by atoms with van der Waals surface area (Å²) in [4.78, 5) is 27.3. The number of aromatic nitrogens is 2. The molecule has 0 saturated heterocycles. The van der Waals surface area contributed by atoms with E-state index in [4.69, 9.17) is 0 Å². The van der Waals surface area contributed by atoms with Crippen molar-refractivity contribution in [2.75, 3.05) is 25.0 Å². The van der Waals surface area contributed by atoms with Gasteiger partial charge in [0, 0.05) is 24.7 Å². The summed E-state index contributed by atoms with van der Waals surface area (Å²) in [5.41, 5.74) is 2.17. The molecule has 186 valence electrons. The molecule has 0 aliphatic carbocycles. The van der Waals surface area contributed by atoms with Crippen molar-refractivity contribution in [2.45, 2.75) is 46.0 Å². The lowest BCUT2D eigenvalue weighted by Gasteiger charge is -2.22. The van der Waals surface area contributed by atoms with Crippen molar-refractivity contribution >= 4 is 17.8 Å². The second-order valence-electron chi connectivity index (χ2n) is 8.43. The minimum Gasteiger partial charge on any atom is -0.338 e. The Bertz CT molecular complexity index is 1080. The summed E-state index contributed by atoms with van der Waals surface area (Å²) in [6.45, 7) is 5.17.